The van der Waals surface area contributed by atoms with Crippen molar-refractivity contribution < 1.29 is 19.7 Å². The molecule has 1 aromatic rings. The van der Waals surface area contributed by atoms with E-state index >= 15 is 0 Å². The van der Waals surface area contributed by atoms with Crippen LogP contribution in [0.3, 0.4) is 0 Å². The van der Waals surface area contributed by atoms with Crippen molar-refractivity contribution >= 4 is 17.3 Å². The summed E-state index contributed by atoms with van der Waals surface area (Å²) in [6.07, 6.45) is -1.02. The Morgan fingerprint density at radius 1 is 1.79 bits per heavy atom. The Labute approximate surface area is 85.0 Å². The summed E-state index contributed by atoms with van der Waals surface area (Å²) < 4.78 is 4.72. The first-order chi connectivity index (χ1) is 6.69. The van der Waals surface area contributed by atoms with Crippen LogP contribution in [-0.2, 0) is 4.74 Å². The average Bonchev–Trinajstić information content (AvgIpc) is 2.66. The summed E-state index contributed by atoms with van der Waals surface area (Å²) in [6.45, 7) is 1.58. The zero-order valence-corrected chi connectivity index (χ0v) is 8.45. The topological polar surface area (TPSA) is 79.7 Å². The van der Waals surface area contributed by atoms with Crippen molar-refractivity contribution in [3.63, 3.8) is 0 Å². The van der Waals surface area contributed by atoms with E-state index in [0.717, 1.165) is 11.3 Å². The van der Waals surface area contributed by atoms with Crippen molar-refractivity contribution in [3.05, 3.63) is 16.1 Å². The summed E-state index contributed by atoms with van der Waals surface area (Å²) in [5.41, 5.74) is 0.166. The highest BCUT2D eigenvalue weighted by atomic mass is 32.1. The van der Waals surface area contributed by atoms with Gasteiger partial charge in [0.15, 0.2) is 5.69 Å². The van der Waals surface area contributed by atoms with Crippen LogP contribution in [0, 0.1) is 0 Å². The molecule has 6 heteroatoms. The Morgan fingerprint density at radius 3 is 3.07 bits per heavy atom. The second-order valence-electron chi connectivity index (χ2n) is 2.49. The van der Waals surface area contributed by atoms with Crippen LogP contribution >= 0.6 is 11.3 Å². The molecule has 0 fully saturated rings. The van der Waals surface area contributed by atoms with Gasteiger partial charge < -0.3 is 14.9 Å². The third-order valence-corrected chi connectivity index (χ3v) is 2.41. The Kier molecular flexibility index (Phi) is 3.99. The van der Waals surface area contributed by atoms with Crippen LogP contribution in [0.2, 0.25) is 0 Å². The molecule has 78 valence electrons. The average molecular weight is 217 g/mol. The van der Waals surface area contributed by atoms with Crippen LogP contribution in [0.25, 0.3) is 0 Å². The van der Waals surface area contributed by atoms with E-state index in [0.29, 0.717) is 5.01 Å². The maximum absolute atomic E-state index is 11.1. The number of carbonyl (C=O) groups excluding carboxylic acids is 1. The second kappa shape index (κ2) is 5.04. The normalized spacial score (nSPS) is 12.5. The largest absolute Gasteiger partial charge is 0.461 e. The van der Waals surface area contributed by atoms with Crippen molar-refractivity contribution in [3.8, 4) is 0 Å². The molecule has 0 saturated carbocycles. The molecular weight excluding hydrogens is 206 g/mol. The van der Waals surface area contributed by atoms with Gasteiger partial charge in [0.2, 0.25) is 0 Å². The molecule has 0 saturated heterocycles. The quantitative estimate of drug-likeness (QED) is 0.711. The van der Waals surface area contributed by atoms with Gasteiger partial charge in [-0.05, 0) is 6.92 Å². The summed E-state index contributed by atoms with van der Waals surface area (Å²) in [6, 6.07) is 0. The maximum atomic E-state index is 11.1. The zero-order valence-electron chi connectivity index (χ0n) is 7.64. The number of aromatic nitrogens is 1. The fourth-order valence-electron chi connectivity index (χ4n) is 0.818. The summed E-state index contributed by atoms with van der Waals surface area (Å²) in [4.78, 5) is 15.0. The van der Waals surface area contributed by atoms with Crippen molar-refractivity contribution in [2.24, 2.45) is 0 Å². The van der Waals surface area contributed by atoms with E-state index in [4.69, 9.17) is 9.84 Å². The lowest BCUT2D eigenvalue weighted by atomic mass is 10.4. The molecule has 0 unspecified atom stereocenters. The number of rotatable bonds is 4. The predicted octanol–water partition coefficient (Wildman–Crippen LogP) is 0.345. The molecular formula is C8H11NO4S. The molecule has 0 aliphatic rings. The fourth-order valence-corrected chi connectivity index (χ4v) is 1.58. The molecule has 1 heterocycles. The molecule has 1 atom stereocenters. The minimum Gasteiger partial charge on any atom is -0.461 e. The molecule has 0 radical (unpaired) electrons. The van der Waals surface area contributed by atoms with Gasteiger partial charge >= 0.3 is 5.97 Å². The first-order valence-electron chi connectivity index (χ1n) is 4.10. The highest BCUT2D eigenvalue weighted by molar-refractivity contribution is 7.09. The number of hydrogen-bond acceptors (Lipinski definition) is 6. The number of hydrogen-bond donors (Lipinski definition) is 2. The Morgan fingerprint density at radius 2 is 2.50 bits per heavy atom. The summed E-state index contributed by atoms with van der Waals surface area (Å²) >= 11 is 1.11. The molecule has 14 heavy (non-hydrogen) atoms. The minimum absolute atomic E-state index is 0.166. The molecule has 0 aliphatic carbocycles. The van der Waals surface area contributed by atoms with E-state index < -0.39 is 18.7 Å². The van der Waals surface area contributed by atoms with Gasteiger partial charge in [-0.1, -0.05) is 0 Å². The lowest BCUT2D eigenvalue weighted by Crippen LogP contribution is -2.07. The van der Waals surface area contributed by atoms with E-state index in [1.54, 1.807) is 6.92 Å². The highest BCUT2D eigenvalue weighted by Gasteiger charge is 2.15. The first-order valence-corrected chi connectivity index (χ1v) is 4.98. The van der Waals surface area contributed by atoms with Gasteiger partial charge in [0.1, 0.15) is 11.1 Å². The number of ether oxygens (including phenoxy) is 1. The minimum atomic E-state index is -1.02. The molecule has 1 aromatic heterocycles. The predicted molar refractivity (Wildman–Crippen MR) is 50.1 cm³/mol. The van der Waals surface area contributed by atoms with E-state index in [1.807, 2.05) is 0 Å². The Hall–Kier alpha value is -0.980. The molecule has 0 aliphatic heterocycles. The highest BCUT2D eigenvalue weighted by Crippen LogP contribution is 2.18. The number of aliphatic hydroxyl groups excluding tert-OH is 2. The molecule has 0 bridgehead atoms. The van der Waals surface area contributed by atoms with E-state index in [2.05, 4.69) is 4.98 Å². The number of thiazole rings is 1. The molecule has 0 spiro atoms. The maximum Gasteiger partial charge on any atom is 0.357 e. The van der Waals surface area contributed by atoms with Gasteiger partial charge in [-0.2, -0.15) is 0 Å². The van der Waals surface area contributed by atoms with Gasteiger partial charge in [0, 0.05) is 5.38 Å². The van der Waals surface area contributed by atoms with E-state index in [1.165, 1.54) is 5.38 Å². The number of aliphatic hydroxyl groups is 2. The van der Waals surface area contributed by atoms with Crippen LogP contribution in [0.15, 0.2) is 5.38 Å². The lowest BCUT2D eigenvalue weighted by molar-refractivity contribution is 0.0518. The fraction of sp³-hybridized carbons (Fsp3) is 0.500. The molecule has 2 N–H and O–H groups in total. The Balaban J connectivity index is 2.72. The summed E-state index contributed by atoms with van der Waals surface area (Å²) in [5, 5.41) is 19.6. The molecule has 0 aromatic carbocycles. The van der Waals surface area contributed by atoms with Crippen molar-refractivity contribution in [2.75, 3.05) is 13.2 Å². The van der Waals surface area contributed by atoms with Gasteiger partial charge in [-0.25, -0.2) is 9.78 Å². The third-order valence-electron chi connectivity index (χ3n) is 1.46. The van der Waals surface area contributed by atoms with E-state index in [9.17, 15) is 9.90 Å². The monoisotopic (exact) mass is 217 g/mol. The van der Waals surface area contributed by atoms with E-state index in [-0.39, 0.29) is 12.3 Å². The molecule has 5 nitrogen and oxygen atoms in total. The number of esters is 1. The standard InChI is InChI=1S/C8H11NO4S/c1-2-13-8(12)5-4-14-7(9-5)6(11)3-10/h4,6,10-11H,2-3H2,1H3/t6-/m0/s1. The first kappa shape index (κ1) is 11.1. The van der Waals surface area contributed by atoms with Crippen LogP contribution in [-0.4, -0.2) is 34.4 Å². The van der Waals surface area contributed by atoms with Crippen molar-refractivity contribution in [2.45, 2.75) is 13.0 Å². The summed E-state index contributed by atoms with van der Waals surface area (Å²) in [5.74, 6) is -0.514. The van der Waals surface area contributed by atoms with Crippen molar-refractivity contribution in [1.82, 2.24) is 4.98 Å². The zero-order chi connectivity index (χ0) is 10.6. The van der Waals surface area contributed by atoms with Crippen molar-refractivity contribution in [1.29, 1.82) is 0 Å². The van der Waals surface area contributed by atoms with Crippen LogP contribution in [0.1, 0.15) is 28.5 Å². The smallest absolute Gasteiger partial charge is 0.357 e. The third kappa shape index (κ3) is 2.50. The molecule has 0 amide bonds. The SMILES string of the molecule is CCOC(=O)c1csc([C@@H](O)CO)n1. The van der Waals surface area contributed by atoms with Gasteiger partial charge in [0.05, 0.1) is 13.2 Å². The van der Waals surface area contributed by atoms with Crippen LogP contribution < -0.4 is 0 Å². The lowest BCUT2D eigenvalue weighted by Gasteiger charge is -2.00. The number of carbonyl (C=O) groups is 1. The van der Waals surface area contributed by atoms with Gasteiger partial charge in [-0.3, -0.25) is 0 Å². The second-order valence-corrected chi connectivity index (χ2v) is 3.38. The Bertz CT molecular complexity index is 312. The van der Waals surface area contributed by atoms with Gasteiger partial charge in [0.25, 0.3) is 0 Å². The van der Waals surface area contributed by atoms with Crippen LogP contribution in [0.5, 0.6) is 0 Å². The van der Waals surface area contributed by atoms with Crippen LogP contribution in [0.4, 0.5) is 0 Å². The number of nitrogens with zero attached hydrogens (tertiary/aromatic N) is 1. The van der Waals surface area contributed by atoms with Gasteiger partial charge in [-0.15, -0.1) is 11.3 Å². The molecule has 1 rings (SSSR count). The summed E-state index contributed by atoms with van der Waals surface area (Å²) in [7, 11) is 0.